The van der Waals surface area contributed by atoms with Crippen molar-refractivity contribution in [3.8, 4) is 11.6 Å². The van der Waals surface area contributed by atoms with Crippen molar-refractivity contribution in [2.24, 2.45) is 0 Å². The summed E-state index contributed by atoms with van der Waals surface area (Å²) in [5.41, 5.74) is 1.36. The molecule has 0 spiro atoms. The van der Waals surface area contributed by atoms with Gasteiger partial charge in [-0.05, 0) is 31.5 Å². The van der Waals surface area contributed by atoms with E-state index in [9.17, 15) is 10.1 Å². The molecule has 1 aromatic carbocycles. The van der Waals surface area contributed by atoms with E-state index >= 15 is 0 Å². The highest BCUT2D eigenvalue weighted by Crippen LogP contribution is 2.30. The second-order valence-electron chi connectivity index (χ2n) is 3.96. The molecule has 0 saturated carbocycles. The number of aromatic nitrogens is 2. The molecule has 6 nitrogen and oxygen atoms in total. The number of benzene rings is 1. The number of halogens is 1. The highest BCUT2D eigenvalue weighted by Gasteiger charge is 2.15. The van der Waals surface area contributed by atoms with Crippen LogP contribution in [0.5, 0.6) is 11.6 Å². The SMILES string of the molecule is Cc1cc(C)c([N+](=O)[O-])cc1Oc1ccc(Cl)nn1. The van der Waals surface area contributed by atoms with Gasteiger partial charge >= 0.3 is 0 Å². The monoisotopic (exact) mass is 279 g/mol. The van der Waals surface area contributed by atoms with Crippen molar-refractivity contribution in [1.29, 1.82) is 0 Å². The summed E-state index contributed by atoms with van der Waals surface area (Å²) in [5, 5.41) is 18.5. The first-order valence-electron chi connectivity index (χ1n) is 5.40. The van der Waals surface area contributed by atoms with Crippen LogP contribution in [0.25, 0.3) is 0 Å². The van der Waals surface area contributed by atoms with Gasteiger partial charge in [0.05, 0.1) is 11.0 Å². The van der Waals surface area contributed by atoms with Crippen LogP contribution in [0, 0.1) is 24.0 Å². The van der Waals surface area contributed by atoms with Gasteiger partial charge < -0.3 is 4.74 Å². The lowest BCUT2D eigenvalue weighted by molar-refractivity contribution is -0.385. The number of ether oxygens (including phenoxy) is 1. The van der Waals surface area contributed by atoms with Gasteiger partial charge in [0, 0.05) is 11.6 Å². The molecular weight excluding hydrogens is 270 g/mol. The predicted molar refractivity (Wildman–Crippen MR) is 69.7 cm³/mol. The topological polar surface area (TPSA) is 78.2 Å². The van der Waals surface area contributed by atoms with Crippen molar-refractivity contribution in [2.45, 2.75) is 13.8 Å². The number of nitro benzene ring substituents is 1. The highest BCUT2D eigenvalue weighted by molar-refractivity contribution is 6.29. The Balaban J connectivity index is 2.37. The van der Waals surface area contributed by atoms with E-state index in [0.29, 0.717) is 11.3 Å². The van der Waals surface area contributed by atoms with E-state index in [4.69, 9.17) is 16.3 Å². The van der Waals surface area contributed by atoms with Gasteiger partial charge in [-0.25, -0.2) is 0 Å². The third kappa shape index (κ3) is 2.97. The largest absolute Gasteiger partial charge is 0.437 e. The average Bonchev–Trinajstić information content (AvgIpc) is 2.34. The molecule has 19 heavy (non-hydrogen) atoms. The molecule has 0 radical (unpaired) electrons. The number of hydrogen-bond acceptors (Lipinski definition) is 5. The molecule has 1 heterocycles. The lowest BCUT2D eigenvalue weighted by Gasteiger charge is -2.08. The fraction of sp³-hybridized carbons (Fsp3) is 0.167. The maximum Gasteiger partial charge on any atom is 0.276 e. The van der Waals surface area contributed by atoms with E-state index in [2.05, 4.69) is 10.2 Å². The minimum atomic E-state index is -0.449. The first-order chi connectivity index (χ1) is 8.97. The van der Waals surface area contributed by atoms with Crippen molar-refractivity contribution in [3.05, 3.63) is 50.7 Å². The summed E-state index contributed by atoms with van der Waals surface area (Å²) in [5.74, 6) is 0.597. The number of hydrogen-bond donors (Lipinski definition) is 0. The minimum Gasteiger partial charge on any atom is -0.437 e. The molecule has 98 valence electrons. The lowest BCUT2D eigenvalue weighted by atomic mass is 10.1. The van der Waals surface area contributed by atoms with E-state index in [0.717, 1.165) is 5.56 Å². The van der Waals surface area contributed by atoms with Gasteiger partial charge in [0.25, 0.3) is 5.69 Å². The van der Waals surface area contributed by atoms with Crippen LogP contribution in [0.15, 0.2) is 24.3 Å². The highest BCUT2D eigenvalue weighted by atomic mass is 35.5. The Morgan fingerprint density at radius 3 is 2.53 bits per heavy atom. The quantitative estimate of drug-likeness (QED) is 0.635. The molecule has 0 aliphatic heterocycles. The van der Waals surface area contributed by atoms with Crippen LogP contribution in [0.1, 0.15) is 11.1 Å². The fourth-order valence-corrected chi connectivity index (χ4v) is 1.70. The fourth-order valence-electron chi connectivity index (χ4n) is 1.60. The summed E-state index contributed by atoms with van der Waals surface area (Å²) < 4.78 is 5.47. The maximum atomic E-state index is 10.9. The molecule has 1 aromatic heterocycles. The van der Waals surface area contributed by atoms with Gasteiger partial charge in [0.1, 0.15) is 5.75 Å². The third-order valence-corrected chi connectivity index (χ3v) is 2.71. The molecule has 0 unspecified atom stereocenters. The van der Waals surface area contributed by atoms with Gasteiger partial charge in [0.2, 0.25) is 5.88 Å². The Morgan fingerprint density at radius 1 is 1.21 bits per heavy atom. The Morgan fingerprint density at radius 2 is 1.95 bits per heavy atom. The van der Waals surface area contributed by atoms with Crippen molar-refractivity contribution in [3.63, 3.8) is 0 Å². The van der Waals surface area contributed by atoms with Gasteiger partial charge in [0.15, 0.2) is 5.15 Å². The van der Waals surface area contributed by atoms with Gasteiger partial charge in [-0.2, -0.15) is 0 Å². The predicted octanol–water partition coefficient (Wildman–Crippen LogP) is 3.45. The molecule has 0 aliphatic carbocycles. The van der Waals surface area contributed by atoms with Gasteiger partial charge in [-0.3, -0.25) is 10.1 Å². The number of nitro groups is 1. The molecule has 0 aliphatic rings. The molecule has 7 heteroatoms. The standard InChI is InChI=1S/C12H10ClN3O3/c1-7-5-8(2)10(6-9(7)16(17)18)19-12-4-3-11(13)14-15-12/h3-6H,1-2H3. The molecule has 0 N–H and O–H groups in total. The summed E-state index contributed by atoms with van der Waals surface area (Å²) in [6.45, 7) is 3.48. The molecular formula is C12H10ClN3O3. The van der Waals surface area contributed by atoms with Crippen LogP contribution >= 0.6 is 11.6 Å². The third-order valence-electron chi connectivity index (χ3n) is 2.51. The molecule has 0 fully saturated rings. The summed E-state index contributed by atoms with van der Waals surface area (Å²) in [7, 11) is 0. The first-order valence-corrected chi connectivity index (χ1v) is 5.78. The lowest BCUT2D eigenvalue weighted by Crippen LogP contribution is -1.96. The van der Waals surface area contributed by atoms with E-state index in [1.165, 1.54) is 12.1 Å². The average molecular weight is 280 g/mol. The normalized spacial score (nSPS) is 10.3. The maximum absolute atomic E-state index is 10.9. The van der Waals surface area contributed by atoms with Gasteiger partial charge in [-0.15, -0.1) is 10.2 Å². The Labute approximate surface area is 114 Å². The summed E-state index contributed by atoms with van der Waals surface area (Å²) in [6, 6.07) is 6.14. The molecule has 2 rings (SSSR count). The number of nitrogens with zero attached hydrogens (tertiary/aromatic N) is 3. The number of aryl methyl sites for hydroxylation is 2. The van der Waals surface area contributed by atoms with Crippen molar-refractivity contribution < 1.29 is 9.66 Å². The smallest absolute Gasteiger partial charge is 0.276 e. The summed E-state index contributed by atoms with van der Waals surface area (Å²) >= 11 is 5.62. The number of rotatable bonds is 3. The molecule has 0 atom stereocenters. The zero-order chi connectivity index (χ0) is 14.0. The second-order valence-corrected chi connectivity index (χ2v) is 4.34. The zero-order valence-corrected chi connectivity index (χ0v) is 11.0. The van der Waals surface area contributed by atoms with Crippen LogP contribution < -0.4 is 4.74 Å². The molecule has 2 aromatic rings. The Bertz CT molecular complexity index is 629. The van der Waals surface area contributed by atoms with Crippen molar-refractivity contribution in [2.75, 3.05) is 0 Å². The summed E-state index contributed by atoms with van der Waals surface area (Å²) in [6.07, 6.45) is 0. The van der Waals surface area contributed by atoms with E-state index in [-0.39, 0.29) is 16.7 Å². The van der Waals surface area contributed by atoms with Gasteiger partial charge in [-0.1, -0.05) is 11.6 Å². The molecule has 0 amide bonds. The van der Waals surface area contributed by atoms with E-state index < -0.39 is 4.92 Å². The second kappa shape index (κ2) is 5.19. The van der Waals surface area contributed by atoms with Crippen molar-refractivity contribution in [1.82, 2.24) is 10.2 Å². The first kappa shape index (κ1) is 13.2. The van der Waals surface area contributed by atoms with Crippen LogP contribution in [-0.2, 0) is 0 Å². The molecule has 0 saturated heterocycles. The van der Waals surface area contributed by atoms with Crippen LogP contribution in [-0.4, -0.2) is 15.1 Å². The van der Waals surface area contributed by atoms with Crippen molar-refractivity contribution >= 4 is 17.3 Å². The van der Waals surface area contributed by atoms with E-state index in [1.807, 2.05) is 0 Å². The van der Waals surface area contributed by atoms with Crippen LogP contribution in [0.2, 0.25) is 5.15 Å². The van der Waals surface area contributed by atoms with E-state index in [1.54, 1.807) is 26.0 Å². The molecule has 0 bridgehead atoms. The minimum absolute atomic E-state index is 0.00234. The summed E-state index contributed by atoms with van der Waals surface area (Å²) in [4.78, 5) is 10.4. The Hall–Kier alpha value is -2.21. The van der Waals surface area contributed by atoms with Crippen LogP contribution in [0.3, 0.4) is 0 Å². The van der Waals surface area contributed by atoms with Crippen LogP contribution in [0.4, 0.5) is 5.69 Å². The Kier molecular flexibility index (Phi) is 3.62. The zero-order valence-electron chi connectivity index (χ0n) is 10.3.